The molecule has 1 saturated heterocycles. The highest BCUT2D eigenvalue weighted by molar-refractivity contribution is 7.09. The van der Waals surface area contributed by atoms with Crippen LogP contribution in [0.25, 0.3) is 0 Å². The lowest BCUT2D eigenvalue weighted by molar-refractivity contribution is 0.226. The summed E-state index contributed by atoms with van der Waals surface area (Å²) in [7, 11) is 0. The maximum absolute atomic E-state index is 5.62. The predicted octanol–water partition coefficient (Wildman–Crippen LogP) is 2.45. The molecule has 1 fully saturated rings. The molecule has 1 aliphatic heterocycles. The molecular formula is C15H23N5OS. The second-order valence-corrected chi connectivity index (χ2v) is 7.49. The van der Waals surface area contributed by atoms with E-state index in [2.05, 4.69) is 44.9 Å². The molecule has 3 rings (SSSR count). The number of nitrogens with zero attached hydrogens (tertiary/aromatic N) is 5. The molecule has 0 spiro atoms. The van der Waals surface area contributed by atoms with Crippen molar-refractivity contribution in [2.75, 3.05) is 31.1 Å². The zero-order valence-corrected chi connectivity index (χ0v) is 14.5. The largest absolute Gasteiger partial charge is 0.447 e. The van der Waals surface area contributed by atoms with Crippen molar-refractivity contribution in [3.05, 3.63) is 23.7 Å². The van der Waals surface area contributed by atoms with Crippen molar-refractivity contribution in [3.63, 3.8) is 0 Å². The van der Waals surface area contributed by atoms with Crippen LogP contribution in [0.5, 0.6) is 0 Å². The highest BCUT2D eigenvalue weighted by Gasteiger charge is 2.23. The molecule has 0 bridgehead atoms. The molecule has 1 aliphatic rings. The van der Waals surface area contributed by atoms with Gasteiger partial charge in [0.15, 0.2) is 0 Å². The molecule has 22 heavy (non-hydrogen) atoms. The topological polar surface area (TPSA) is 58.3 Å². The molecule has 7 heteroatoms. The number of hydrogen-bond acceptors (Lipinski definition) is 7. The Kier molecular flexibility index (Phi) is 4.18. The van der Waals surface area contributed by atoms with Crippen LogP contribution in [0.2, 0.25) is 0 Å². The summed E-state index contributed by atoms with van der Waals surface area (Å²) in [6.45, 7) is 13.1. The number of hydrogen-bond donors (Lipinski definition) is 0. The Morgan fingerprint density at radius 2 is 1.91 bits per heavy atom. The lowest BCUT2D eigenvalue weighted by Gasteiger charge is -2.33. The zero-order valence-electron chi connectivity index (χ0n) is 13.7. The highest BCUT2D eigenvalue weighted by Crippen LogP contribution is 2.22. The third kappa shape index (κ3) is 3.47. The predicted molar refractivity (Wildman–Crippen MR) is 87.3 cm³/mol. The van der Waals surface area contributed by atoms with Crippen LogP contribution in [0, 0.1) is 6.92 Å². The van der Waals surface area contributed by atoms with Crippen LogP contribution in [-0.2, 0) is 12.0 Å². The number of oxazole rings is 1. The zero-order chi connectivity index (χ0) is 15.7. The second kappa shape index (κ2) is 5.96. The first kappa shape index (κ1) is 15.4. The summed E-state index contributed by atoms with van der Waals surface area (Å²) in [5, 5.41) is 1.03. The maximum Gasteiger partial charge on any atom is 0.208 e. The van der Waals surface area contributed by atoms with Gasteiger partial charge >= 0.3 is 0 Å². The van der Waals surface area contributed by atoms with Gasteiger partial charge in [-0.25, -0.2) is 9.97 Å². The average Bonchev–Trinajstić information content (AvgIpc) is 3.08. The normalized spacial score (nSPS) is 17.2. The average molecular weight is 321 g/mol. The van der Waals surface area contributed by atoms with Gasteiger partial charge in [-0.1, -0.05) is 20.8 Å². The van der Waals surface area contributed by atoms with E-state index in [0.717, 1.165) is 55.3 Å². The number of aryl methyl sites for hydroxylation is 1. The molecule has 0 saturated carbocycles. The Morgan fingerprint density at radius 1 is 1.18 bits per heavy atom. The van der Waals surface area contributed by atoms with Crippen LogP contribution in [0.1, 0.15) is 38.2 Å². The third-order valence-corrected chi connectivity index (χ3v) is 4.71. The van der Waals surface area contributed by atoms with Crippen LogP contribution in [-0.4, -0.2) is 45.4 Å². The van der Waals surface area contributed by atoms with Gasteiger partial charge in [0, 0.05) is 43.1 Å². The molecule has 2 aromatic rings. The summed E-state index contributed by atoms with van der Waals surface area (Å²) in [5.74, 6) is 1.67. The van der Waals surface area contributed by atoms with Crippen LogP contribution in [0.4, 0.5) is 5.13 Å². The SMILES string of the molecule is Cc1nsc(N2CCN(Cc3nc(C(C)(C)C)co3)CC2)n1. The third-order valence-electron chi connectivity index (χ3n) is 3.84. The molecule has 0 aliphatic carbocycles. The van der Waals surface area contributed by atoms with Crippen LogP contribution in [0.3, 0.4) is 0 Å². The minimum atomic E-state index is 0.0378. The fourth-order valence-electron chi connectivity index (χ4n) is 2.43. The van der Waals surface area contributed by atoms with Crippen molar-refractivity contribution in [2.45, 2.75) is 39.7 Å². The van der Waals surface area contributed by atoms with Crippen molar-refractivity contribution in [3.8, 4) is 0 Å². The van der Waals surface area contributed by atoms with Gasteiger partial charge < -0.3 is 9.32 Å². The molecular weight excluding hydrogens is 298 g/mol. The van der Waals surface area contributed by atoms with E-state index in [1.165, 1.54) is 11.5 Å². The van der Waals surface area contributed by atoms with Gasteiger partial charge in [0.1, 0.15) is 12.1 Å². The van der Waals surface area contributed by atoms with Crippen LogP contribution in [0.15, 0.2) is 10.7 Å². The Hall–Kier alpha value is -1.47. The summed E-state index contributed by atoms with van der Waals surface area (Å²) >= 11 is 1.48. The number of anilines is 1. The Labute approximate surface area is 135 Å². The van der Waals surface area contributed by atoms with E-state index in [4.69, 9.17) is 4.42 Å². The van der Waals surface area contributed by atoms with Crippen LogP contribution < -0.4 is 4.90 Å². The van der Waals surface area contributed by atoms with Crippen molar-refractivity contribution < 1.29 is 4.42 Å². The monoisotopic (exact) mass is 321 g/mol. The van der Waals surface area contributed by atoms with Crippen LogP contribution >= 0.6 is 11.5 Å². The first-order valence-corrected chi connectivity index (χ1v) is 8.41. The molecule has 3 heterocycles. The van der Waals surface area contributed by atoms with E-state index in [1.807, 2.05) is 6.92 Å². The van der Waals surface area contributed by atoms with E-state index in [9.17, 15) is 0 Å². The summed E-state index contributed by atoms with van der Waals surface area (Å²) in [6.07, 6.45) is 1.79. The first-order chi connectivity index (χ1) is 10.4. The maximum atomic E-state index is 5.62. The molecule has 0 aromatic carbocycles. The Morgan fingerprint density at radius 3 is 2.45 bits per heavy atom. The smallest absolute Gasteiger partial charge is 0.208 e. The van der Waals surface area contributed by atoms with Gasteiger partial charge in [-0.15, -0.1) is 0 Å². The Bertz CT molecular complexity index is 622. The van der Waals surface area contributed by atoms with Gasteiger partial charge in [0.05, 0.1) is 12.2 Å². The standard InChI is InChI=1S/C15H23N5OS/c1-11-16-14(22-18-11)20-7-5-19(6-8-20)9-13-17-12(10-21-13)15(2,3)4/h10H,5-9H2,1-4H3. The summed E-state index contributed by atoms with van der Waals surface area (Å²) < 4.78 is 9.88. The number of piperazine rings is 1. The van der Waals surface area contributed by atoms with Gasteiger partial charge in [-0.2, -0.15) is 4.37 Å². The molecule has 0 amide bonds. The minimum Gasteiger partial charge on any atom is -0.447 e. The lowest BCUT2D eigenvalue weighted by atomic mass is 9.93. The van der Waals surface area contributed by atoms with Crippen molar-refractivity contribution in [2.24, 2.45) is 0 Å². The van der Waals surface area contributed by atoms with Gasteiger partial charge in [-0.3, -0.25) is 4.90 Å². The fraction of sp³-hybridized carbons (Fsp3) is 0.667. The van der Waals surface area contributed by atoms with Crippen molar-refractivity contribution in [1.82, 2.24) is 19.2 Å². The van der Waals surface area contributed by atoms with Crippen molar-refractivity contribution >= 4 is 16.7 Å². The fourth-order valence-corrected chi connectivity index (χ4v) is 3.16. The molecule has 0 atom stereocenters. The Balaban J connectivity index is 1.55. The molecule has 6 nitrogen and oxygen atoms in total. The second-order valence-electron chi connectivity index (χ2n) is 6.76. The minimum absolute atomic E-state index is 0.0378. The number of rotatable bonds is 3. The lowest BCUT2D eigenvalue weighted by Crippen LogP contribution is -2.46. The quantitative estimate of drug-likeness (QED) is 0.865. The number of aromatic nitrogens is 3. The summed E-state index contributed by atoms with van der Waals surface area (Å²) in [6, 6.07) is 0. The molecule has 0 unspecified atom stereocenters. The molecule has 2 aromatic heterocycles. The van der Waals surface area contributed by atoms with Gasteiger partial charge in [-0.05, 0) is 6.92 Å². The van der Waals surface area contributed by atoms with Crippen molar-refractivity contribution in [1.29, 1.82) is 0 Å². The molecule has 120 valence electrons. The molecule has 0 N–H and O–H groups in total. The molecule has 0 radical (unpaired) electrons. The van der Waals surface area contributed by atoms with E-state index >= 15 is 0 Å². The summed E-state index contributed by atoms with van der Waals surface area (Å²) in [5.41, 5.74) is 1.06. The van der Waals surface area contributed by atoms with E-state index in [0.29, 0.717) is 0 Å². The van der Waals surface area contributed by atoms with Gasteiger partial charge in [0.2, 0.25) is 11.0 Å². The van der Waals surface area contributed by atoms with E-state index in [1.54, 1.807) is 6.26 Å². The van der Waals surface area contributed by atoms with Gasteiger partial charge in [0.25, 0.3) is 0 Å². The first-order valence-electron chi connectivity index (χ1n) is 7.64. The highest BCUT2D eigenvalue weighted by atomic mass is 32.1. The summed E-state index contributed by atoms with van der Waals surface area (Å²) in [4.78, 5) is 13.8. The van der Waals surface area contributed by atoms with E-state index < -0.39 is 0 Å². The van der Waals surface area contributed by atoms with E-state index in [-0.39, 0.29) is 5.41 Å².